The number of aryl methyl sites for hydroxylation is 1. The fourth-order valence-electron chi connectivity index (χ4n) is 3.10. The summed E-state index contributed by atoms with van der Waals surface area (Å²) in [7, 11) is 0. The molecule has 2 aliphatic rings. The van der Waals surface area contributed by atoms with Gasteiger partial charge in [0.1, 0.15) is 17.1 Å². The molecule has 1 N–H and O–H groups in total. The summed E-state index contributed by atoms with van der Waals surface area (Å²) in [5, 5.41) is 3.84. The molecule has 0 atom stereocenters. The minimum Gasteiger partial charge on any atom is -0.340 e. The first-order chi connectivity index (χ1) is 9.63. The van der Waals surface area contributed by atoms with Gasteiger partial charge in [-0.25, -0.2) is 4.98 Å². The molecule has 0 bridgehead atoms. The highest BCUT2D eigenvalue weighted by Gasteiger charge is 2.48. The van der Waals surface area contributed by atoms with Crippen molar-refractivity contribution in [3.05, 3.63) is 16.1 Å². The number of thiazole rings is 1. The van der Waals surface area contributed by atoms with Crippen molar-refractivity contribution >= 4 is 23.2 Å². The summed E-state index contributed by atoms with van der Waals surface area (Å²) in [5.41, 5.74) is -0.625. The maximum atomic E-state index is 12.7. The topological polar surface area (TPSA) is 62.3 Å². The lowest BCUT2D eigenvalue weighted by molar-refractivity contribution is -0.150. The van der Waals surface area contributed by atoms with E-state index < -0.39 is 5.54 Å². The smallest absolute Gasteiger partial charge is 0.249 e. The summed E-state index contributed by atoms with van der Waals surface area (Å²) >= 11 is 1.62. The molecule has 0 unspecified atom stereocenters. The van der Waals surface area contributed by atoms with E-state index in [9.17, 15) is 9.59 Å². The molecule has 1 aromatic rings. The van der Waals surface area contributed by atoms with Crippen LogP contribution in [0.4, 0.5) is 0 Å². The molecule has 1 saturated carbocycles. The molecule has 5 nitrogen and oxygen atoms in total. The first-order valence-electron chi connectivity index (χ1n) is 7.17. The van der Waals surface area contributed by atoms with Crippen molar-refractivity contribution in [3.63, 3.8) is 0 Å². The molecule has 1 aliphatic heterocycles. The van der Waals surface area contributed by atoms with E-state index >= 15 is 0 Å². The van der Waals surface area contributed by atoms with Crippen LogP contribution >= 0.6 is 11.3 Å². The quantitative estimate of drug-likeness (QED) is 0.918. The fourth-order valence-corrected chi connectivity index (χ4v) is 3.98. The van der Waals surface area contributed by atoms with E-state index in [0.717, 1.165) is 37.1 Å². The van der Waals surface area contributed by atoms with Crippen LogP contribution in [0.2, 0.25) is 0 Å². The molecule has 0 radical (unpaired) electrons. The van der Waals surface area contributed by atoms with E-state index in [-0.39, 0.29) is 18.4 Å². The summed E-state index contributed by atoms with van der Waals surface area (Å²) < 4.78 is 0. The average molecular weight is 293 g/mol. The Labute approximate surface area is 122 Å². The maximum absolute atomic E-state index is 12.7. The molecule has 1 aliphatic carbocycles. The Kier molecular flexibility index (Phi) is 3.50. The van der Waals surface area contributed by atoms with Crippen molar-refractivity contribution in [2.24, 2.45) is 0 Å². The van der Waals surface area contributed by atoms with Crippen molar-refractivity contribution in [1.82, 2.24) is 15.2 Å². The van der Waals surface area contributed by atoms with Crippen LogP contribution in [0.5, 0.6) is 0 Å². The Morgan fingerprint density at radius 1 is 1.40 bits per heavy atom. The highest BCUT2D eigenvalue weighted by Crippen LogP contribution is 2.33. The second kappa shape index (κ2) is 5.16. The van der Waals surface area contributed by atoms with Gasteiger partial charge in [-0.3, -0.25) is 9.59 Å². The van der Waals surface area contributed by atoms with Gasteiger partial charge < -0.3 is 10.2 Å². The Balaban J connectivity index is 1.78. The van der Waals surface area contributed by atoms with Crippen LogP contribution in [0, 0.1) is 0 Å². The monoisotopic (exact) mass is 293 g/mol. The molecule has 1 saturated heterocycles. The van der Waals surface area contributed by atoms with Crippen molar-refractivity contribution < 1.29 is 9.59 Å². The van der Waals surface area contributed by atoms with Gasteiger partial charge in [0.25, 0.3) is 0 Å². The highest BCUT2D eigenvalue weighted by atomic mass is 32.1. The molecule has 2 fully saturated rings. The minimum atomic E-state index is -0.625. The number of amides is 2. The van der Waals surface area contributed by atoms with Crippen LogP contribution in [0.1, 0.15) is 42.5 Å². The number of rotatable bonds is 3. The van der Waals surface area contributed by atoms with Crippen molar-refractivity contribution in [3.8, 4) is 0 Å². The van der Waals surface area contributed by atoms with Crippen molar-refractivity contribution in [1.29, 1.82) is 0 Å². The van der Waals surface area contributed by atoms with Gasteiger partial charge in [-0.05, 0) is 19.3 Å². The molecule has 1 aromatic heterocycles. The highest BCUT2D eigenvalue weighted by molar-refractivity contribution is 7.11. The van der Waals surface area contributed by atoms with Gasteiger partial charge in [0.2, 0.25) is 11.8 Å². The summed E-state index contributed by atoms with van der Waals surface area (Å²) in [5.74, 6) is 0.0293. The summed E-state index contributed by atoms with van der Waals surface area (Å²) in [4.78, 5) is 31.8. The third-order valence-electron chi connectivity index (χ3n) is 4.14. The number of piperazine rings is 1. The Bertz CT molecular complexity index is 534. The lowest BCUT2D eigenvalue weighted by Gasteiger charge is -2.39. The van der Waals surface area contributed by atoms with Crippen molar-refractivity contribution in [2.45, 2.75) is 51.1 Å². The van der Waals surface area contributed by atoms with E-state index in [1.54, 1.807) is 16.2 Å². The number of carbonyl (C=O) groups excluding carboxylic acids is 2. The largest absolute Gasteiger partial charge is 0.340 e. The minimum absolute atomic E-state index is 0.0428. The molecule has 20 heavy (non-hydrogen) atoms. The predicted octanol–water partition coefficient (Wildman–Crippen LogP) is 1.48. The standard InChI is InChI=1S/C14H19N3O2S/c1-2-10-7-15-12(20-10)9-17-8-11(18)16-14(13(17)19)5-3-4-6-14/h7H,2-6,8-9H2,1H3,(H,16,18). The SMILES string of the molecule is CCc1cnc(CN2CC(=O)NC3(CCCC3)C2=O)s1. The summed E-state index contributed by atoms with van der Waals surface area (Å²) in [6.45, 7) is 2.70. The molecule has 2 amide bonds. The van der Waals surface area contributed by atoms with Gasteiger partial charge in [-0.1, -0.05) is 19.8 Å². The Morgan fingerprint density at radius 3 is 2.80 bits per heavy atom. The fraction of sp³-hybridized carbons (Fsp3) is 0.643. The molecule has 1 spiro atoms. The van der Waals surface area contributed by atoms with Crippen LogP contribution in [0.3, 0.4) is 0 Å². The van der Waals surface area contributed by atoms with Gasteiger partial charge in [-0.15, -0.1) is 11.3 Å². The van der Waals surface area contributed by atoms with Gasteiger partial charge in [0, 0.05) is 11.1 Å². The lowest BCUT2D eigenvalue weighted by Crippen LogP contribution is -2.65. The number of aromatic nitrogens is 1. The third kappa shape index (κ3) is 2.32. The van der Waals surface area contributed by atoms with E-state index in [0.29, 0.717) is 6.54 Å². The number of hydrogen-bond acceptors (Lipinski definition) is 4. The molecule has 3 rings (SSSR count). The zero-order valence-corrected chi connectivity index (χ0v) is 12.5. The molecular formula is C14H19N3O2S. The second-order valence-corrected chi connectivity index (χ2v) is 6.77. The molecule has 2 heterocycles. The number of nitrogens with zero attached hydrogens (tertiary/aromatic N) is 2. The molecule has 108 valence electrons. The molecule has 6 heteroatoms. The number of carbonyl (C=O) groups is 2. The first-order valence-corrected chi connectivity index (χ1v) is 7.98. The maximum Gasteiger partial charge on any atom is 0.249 e. The van der Waals surface area contributed by atoms with Gasteiger partial charge in [0.15, 0.2) is 0 Å². The van der Waals surface area contributed by atoms with Gasteiger partial charge in [-0.2, -0.15) is 0 Å². The lowest BCUT2D eigenvalue weighted by atomic mass is 9.93. The number of hydrogen-bond donors (Lipinski definition) is 1. The predicted molar refractivity (Wildman–Crippen MR) is 76.3 cm³/mol. The van der Waals surface area contributed by atoms with Crippen LogP contribution in [0.15, 0.2) is 6.20 Å². The normalized spacial score (nSPS) is 21.6. The molecular weight excluding hydrogens is 274 g/mol. The zero-order chi connectivity index (χ0) is 14.2. The average Bonchev–Trinajstić information content (AvgIpc) is 3.05. The zero-order valence-electron chi connectivity index (χ0n) is 11.6. The Hall–Kier alpha value is -1.43. The van der Waals surface area contributed by atoms with E-state index in [1.165, 1.54) is 4.88 Å². The molecule has 0 aromatic carbocycles. The first kappa shape index (κ1) is 13.5. The van der Waals surface area contributed by atoms with E-state index in [2.05, 4.69) is 17.2 Å². The van der Waals surface area contributed by atoms with Crippen LogP contribution in [0.25, 0.3) is 0 Å². The summed E-state index contributed by atoms with van der Waals surface area (Å²) in [6.07, 6.45) is 6.38. The van der Waals surface area contributed by atoms with Crippen LogP contribution in [-0.2, 0) is 22.6 Å². The van der Waals surface area contributed by atoms with Crippen molar-refractivity contribution in [2.75, 3.05) is 6.54 Å². The second-order valence-electron chi connectivity index (χ2n) is 5.57. The van der Waals surface area contributed by atoms with Crippen LogP contribution < -0.4 is 5.32 Å². The summed E-state index contributed by atoms with van der Waals surface area (Å²) in [6, 6.07) is 0. The van der Waals surface area contributed by atoms with Gasteiger partial charge in [0.05, 0.1) is 6.54 Å². The van der Waals surface area contributed by atoms with E-state index in [4.69, 9.17) is 0 Å². The van der Waals surface area contributed by atoms with E-state index in [1.807, 2.05) is 6.20 Å². The Morgan fingerprint density at radius 2 is 2.15 bits per heavy atom. The van der Waals surface area contributed by atoms with Gasteiger partial charge >= 0.3 is 0 Å². The number of nitrogens with one attached hydrogen (secondary N) is 1. The third-order valence-corrected chi connectivity index (χ3v) is 5.27. The van der Waals surface area contributed by atoms with Crippen LogP contribution in [-0.4, -0.2) is 33.8 Å².